The Bertz CT molecular complexity index is 1650. The molecule has 0 heterocycles. The Balaban J connectivity index is 0.00000161. The minimum atomic E-state index is -2.72. The summed E-state index contributed by atoms with van der Waals surface area (Å²) in [5, 5.41) is 0. The molecule has 0 saturated heterocycles. The molecule has 0 fully saturated rings. The van der Waals surface area contributed by atoms with Crippen molar-refractivity contribution >= 4 is 8.78 Å². The first-order chi connectivity index (χ1) is 18.7. The van der Waals surface area contributed by atoms with Crippen LogP contribution in [0.2, 0.25) is 0 Å². The third kappa shape index (κ3) is 4.63. The molecular weight excluding hydrogens is 607 g/mol. The fourth-order valence-electron chi connectivity index (χ4n) is 6.81. The van der Waals surface area contributed by atoms with Crippen LogP contribution in [0, 0.1) is 0 Å². The Kier molecular flexibility index (Phi) is 8.58. The Morgan fingerprint density at radius 1 is 0.450 bits per heavy atom. The van der Waals surface area contributed by atoms with Crippen molar-refractivity contribution < 1.29 is 46.1 Å². The van der Waals surface area contributed by atoms with Crippen molar-refractivity contribution in [2.75, 3.05) is 0 Å². The van der Waals surface area contributed by atoms with Crippen molar-refractivity contribution in [1.82, 2.24) is 0 Å². The van der Waals surface area contributed by atoms with E-state index in [-0.39, 0.29) is 24.8 Å². The number of allylic oxidation sites excluding steroid dienone is 2. The molecule has 1 atom stereocenters. The van der Waals surface area contributed by atoms with Crippen LogP contribution in [-0.2, 0) is 21.3 Å². The second-order valence-corrected chi connectivity index (χ2v) is 16.8. The average Bonchev–Trinajstić information content (AvgIpc) is 3.44. The zero-order valence-corrected chi connectivity index (χ0v) is 26.6. The van der Waals surface area contributed by atoms with Crippen LogP contribution in [0.25, 0.3) is 16.7 Å². The molecule has 2 aliphatic rings. The van der Waals surface area contributed by atoms with E-state index in [1.54, 1.807) is 14.3 Å². The predicted molar refractivity (Wildman–Crippen MR) is 157 cm³/mol. The number of halogens is 2. The summed E-state index contributed by atoms with van der Waals surface area (Å²) >= 11 is -2.72. The van der Waals surface area contributed by atoms with Crippen LogP contribution in [0.3, 0.4) is 0 Å². The fraction of sp³-hybridized carbons (Fsp3) is 0.108. The van der Waals surface area contributed by atoms with Crippen molar-refractivity contribution in [3.8, 4) is 11.1 Å². The molecule has 0 nitrogen and oxygen atoms in total. The fourth-order valence-corrected chi connectivity index (χ4v) is 17.5. The van der Waals surface area contributed by atoms with Crippen molar-refractivity contribution in [3.63, 3.8) is 0 Å². The zero-order valence-electron chi connectivity index (χ0n) is 22.6. The molecule has 196 valence electrons. The molecule has 1 unspecified atom stereocenters. The Labute approximate surface area is 257 Å². The maximum absolute atomic E-state index is 2.72. The van der Waals surface area contributed by atoms with E-state index in [4.69, 9.17) is 0 Å². The van der Waals surface area contributed by atoms with Gasteiger partial charge in [-0.1, -0.05) is 0 Å². The number of fused-ring (bicyclic) bond motifs is 4. The SMILES string of the molecule is CC1=C(C)[CH]([Zr+2](=[C](c2ccccc2)c2ccccc2)[CH]2c3ccccc3-c3ccccc32)c2ccccc21.[Cl-].[Cl-]. The van der Waals surface area contributed by atoms with Gasteiger partial charge in [-0.2, -0.15) is 0 Å². The van der Waals surface area contributed by atoms with Gasteiger partial charge in [0.15, 0.2) is 0 Å². The van der Waals surface area contributed by atoms with E-state index in [1.807, 2.05) is 0 Å². The quantitative estimate of drug-likeness (QED) is 0.285. The molecule has 0 saturated carbocycles. The summed E-state index contributed by atoms with van der Waals surface area (Å²) in [5.41, 5.74) is 14.7. The molecule has 0 bridgehead atoms. The Hall–Kier alpha value is -2.83. The molecule has 0 spiro atoms. The summed E-state index contributed by atoms with van der Waals surface area (Å²) in [6.45, 7) is 4.76. The maximum atomic E-state index is 2.42. The van der Waals surface area contributed by atoms with E-state index < -0.39 is 21.3 Å². The van der Waals surface area contributed by atoms with Crippen LogP contribution < -0.4 is 24.8 Å². The summed E-state index contributed by atoms with van der Waals surface area (Å²) in [5.74, 6) is 0. The molecule has 5 aromatic carbocycles. The van der Waals surface area contributed by atoms with Crippen LogP contribution in [0.5, 0.6) is 0 Å². The predicted octanol–water partition coefficient (Wildman–Crippen LogP) is 3.20. The first-order valence-corrected chi connectivity index (χ1v) is 17.6. The Morgan fingerprint density at radius 3 is 1.30 bits per heavy atom. The van der Waals surface area contributed by atoms with Gasteiger partial charge in [-0.05, 0) is 0 Å². The zero-order chi connectivity index (χ0) is 25.6. The monoisotopic (exact) mass is 634 g/mol. The van der Waals surface area contributed by atoms with E-state index in [9.17, 15) is 0 Å². The molecule has 0 radical (unpaired) electrons. The second-order valence-electron chi connectivity index (χ2n) is 10.5. The summed E-state index contributed by atoms with van der Waals surface area (Å²) in [6, 6.07) is 50.2. The normalized spacial score (nSPS) is 14.7. The van der Waals surface area contributed by atoms with Gasteiger partial charge >= 0.3 is 235 Å². The largest absolute Gasteiger partial charge is 1.00 e. The summed E-state index contributed by atoms with van der Waals surface area (Å²) in [7, 11) is 0. The van der Waals surface area contributed by atoms with E-state index in [0.29, 0.717) is 7.25 Å². The maximum Gasteiger partial charge on any atom is -1.00 e. The number of hydrogen-bond donors (Lipinski definition) is 0. The van der Waals surface area contributed by atoms with E-state index in [0.717, 1.165) is 0 Å². The van der Waals surface area contributed by atoms with E-state index in [2.05, 4.69) is 147 Å². The van der Waals surface area contributed by atoms with Crippen LogP contribution in [0.15, 0.2) is 139 Å². The van der Waals surface area contributed by atoms with Crippen molar-refractivity contribution in [2.45, 2.75) is 21.1 Å². The first kappa shape index (κ1) is 28.7. The van der Waals surface area contributed by atoms with Gasteiger partial charge in [0.05, 0.1) is 0 Å². The van der Waals surface area contributed by atoms with Gasteiger partial charge in [-0.15, -0.1) is 0 Å². The topological polar surface area (TPSA) is 0 Å². The molecule has 40 heavy (non-hydrogen) atoms. The second kappa shape index (κ2) is 12.0. The average molecular weight is 637 g/mol. The number of hydrogen-bond acceptors (Lipinski definition) is 0. The smallest absolute Gasteiger partial charge is 1.00 e. The molecule has 0 amide bonds. The van der Waals surface area contributed by atoms with Crippen LogP contribution >= 0.6 is 0 Å². The van der Waals surface area contributed by atoms with Gasteiger partial charge in [-0.3, -0.25) is 0 Å². The van der Waals surface area contributed by atoms with Crippen LogP contribution in [0.1, 0.15) is 54.5 Å². The van der Waals surface area contributed by atoms with Crippen molar-refractivity contribution in [2.24, 2.45) is 0 Å². The molecule has 3 heteroatoms. The summed E-state index contributed by atoms with van der Waals surface area (Å²) in [6.07, 6.45) is 0. The van der Waals surface area contributed by atoms with Gasteiger partial charge in [0.25, 0.3) is 0 Å². The first-order valence-electron chi connectivity index (χ1n) is 13.5. The third-order valence-electron chi connectivity index (χ3n) is 8.57. The van der Waals surface area contributed by atoms with Crippen molar-refractivity contribution in [3.05, 3.63) is 172 Å². The van der Waals surface area contributed by atoms with Crippen molar-refractivity contribution in [1.29, 1.82) is 0 Å². The number of benzene rings is 5. The molecule has 5 aromatic rings. The molecule has 0 N–H and O–H groups in total. The minimum Gasteiger partial charge on any atom is -1.00 e. The molecule has 2 aliphatic carbocycles. The molecule has 7 rings (SSSR count). The van der Waals surface area contributed by atoms with Gasteiger partial charge in [0, 0.05) is 0 Å². The standard InChI is InChI=1S/C13H9.C13H10.C11H11.2ClH.Zr/c1-3-7-12-10(5-1)9-11-6-2-4-8-13(11)12;1-3-7-12(8-4-1)11-13-9-5-2-6-10-13;1-8-7-10-5-3-4-6-11(10)9(8)2;;;/h1-9H;1-10H;3-7H,1-2H3;2*1H;/q;;;;;+2/p-2. The molecule has 0 aromatic heterocycles. The van der Waals surface area contributed by atoms with E-state index >= 15 is 0 Å². The van der Waals surface area contributed by atoms with Crippen LogP contribution in [0.4, 0.5) is 0 Å². The van der Waals surface area contributed by atoms with Crippen LogP contribution in [-0.4, -0.2) is 3.21 Å². The van der Waals surface area contributed by atoms with Gasteiger partial charge in [0.2, 0.25) is 0 Å². The Morgan fingerprint density at radius 2 is 0.825 bits per heavy atom. The molecular formula is C37H30Cl2Zr. The minimum absolute atomic E-state index is 0. The third-order valence-corrected chi connectivity index (χ3v) is 17.8. The van der Waals surface area contributed by atoms with Gasteiger partial charge in [-0.25, -0.2) is 0 Å². The van der Waals surface area contributed by atoms with Gasteiger partial charge < -0.3 is 24.8 Å². The summed E-state index contributed by atoms with van der Waals surface area (Å²) in [4.78, 5) is 0. The van der Waals surface area contributed by atoms with E-state index in [1.165, 1.54) is 44.5 Å². The van der Waals surface area contributed by atoms with Gasteiger partial charge in [0.1, 0.15) is 0 Å². The number of rotatable bonds is 4. The summed E-state index contributed by atoms with van der Waals surface area (Å²) < 4.78 is 2.55. The molecule has 0 aliphatic heterocycles.